The Hall–Kier alpha value is -3.07. The van der Waals surface area contributed by atoms with Gasteiger partial charge in [0.2, 0.25) is 5.91 Å². The summed E-state index contributed by atoms with van der Waals surface area (Å²) in [5.41, 5.74) is 2.35. The Bertz CT molecular complexity index is 1190. The fraction of sp³-hybridized carbons (Fsp3) is 0.316. The van der Waals surface area contributed by atoms with E-state index in [1.54, 1.807) is 13.0 Å². The summed E-state index contributed by atoms with van der Waals surface area (Å²) in [4.78, 5) is 42.3. The van der Waals surface area contributed by atoms with Crippen molar-refractivity contribution in [2.75, 3.05) is 5.32 Å². The van der Waals surface area contributed by atoms with Crippen LogP contribution in [0, 0.1) is 24.0 Å². The highest BCUT2D eigenvalue weighted by atomic mass is 32.1. The topological polar surface area (TPSA) is 107 Å². The minimum absolute atomic E-state index is 0.122. The molecule has 1 aliphatic rings. The summed E-state index contributed by atoms with van der Waals surface area (Å²) >= 11 is 1.54. The SMILES string of the molecule is Cc1cc(NC(=O)Cn2cnc3sc4c(c3c2=O)CCC4)c([N+](=O)[O-])cc1C. The highest BCUT2D eigenvalue weighted by Gasteiger charge is 2.22. The van der Waals surface area contributed by atoms with Gasteiger partial charge in [0.1, 0.15) is 17.1 Å². The van der Waals surface area contributed by atoms with Crippen molar-refractivity contribution in [3.63, 3.8) is 0 Å². The number of rotatable bonds is 4. The molecule has 0 unspecified atom stereocenters. The van der Waals surface area contributed by atoms with E-state index < -0.39 is 10.8 Å². The van der Waals surface area contributed by atoms with E-state index in [1.165, 1.54) is 33.2 Å². The Morgan fingerprint density at radius 3 is 2.82 bits per heavy atom. The van der Waals surface area contributed by atoms with E-state index in [2.05, 4.69) is 10.3 Å². The van der Waals surface area contributed by atoms with Crippen molar-refractivity contribution in [2.24, 2.45) is 0 Å². The largest absolute Gasteiger partial charge is 0.319 e. The summed E-state index contributed by atoms with van der Waals surface area (Å²) in [6.45, 7) is 3.33. The first kappa shape index (κ1) is 18.3. The lowest BCUT2D eigenvalue weighted by atomic mass is 10.1. The number of carbonyl (C=O) groups is 1. The van der Waals surface area contributed by atoms with Crippen molar-refractivity contribution in [3.8, 4) is 0 Å². The minimum atomic E-state index is -0.531. The number of nitro benzene ring substituents is 1. The molecule has 3 aromatic rings. The lowest BCUT2D eigenvalue weighted by Gasteiger charge is -2.10. The summed E-state index contributed by atoms with van der Waals surface area (Å²) in [7, 11) is 0. The van der Waals surface area contributed by atoms with E-state index in [0.29, 0.717) is 10.2 Å². The zero-order valence-electron chi connectivity index (χ0n) is 15.4. The van der Waals surface area contributed by atoms with Crippen LogP contribution in [-0.2, 0) is 24.2 Å². The fourth-order valence-electron chi connectivity index (χ4n) is 3.53. The smallest absolute Gasteiger partial charge is 0.293 e. The number of thiophene rings is 1. The molecule has 144 valence electrons. The van der Waals surface area contributed by atoms with Crippen LogP contribution in [0.3, 0.4) is 0 Å². The summed E-state index contributed by atoms with van der Waals surface area (Å²) < 4.78 is 1.26. The number of aryl methyl sites for hydroxylation is 4. The van der Waals surface area contributed by atoms with Crippen LogP contribution in [0.15, 0.2) is 23.3 Å². The molecule has 28 heavy (non-hydrogen) atoms. The van der Waals surface area contributed by atoms with E-state index >= 15 is 0 Å². The third-order valence-electron chi connectivity index (χ3n) is 5.09. The van der Waals surface area contributed by atoms with Gasteiger partial charge in [-0.1, -0.05) is 0 Å². The summed E-state index contributed by atoms with van der Waals surface area (Å²) in [6, 6.07) is 3.00. The Labute approximate surface area is 164 Å². The van der Waals surface area contributed by atoms with Gasteiger partial charge in [-0.25, -0.2) is 4.98 Å². The number of hydrogen-bond acceptors (Lipinski definition) is 6. The molecule has 1 aliphatic carbocycles. The quantitative estimate of drug-likeness (QED) is 0.537. The van der Waals surface area contributed by atoms with Crippen LogP contribution in [-0.4, -0.2) is 20.4 Å². The molecular weight excluding hydrogens is 380 g/mol. The highest BCUT2D eigenvalue weighted by Crippen LogP contribution is 2.34. The molecule has 8 nitrogen and oxygen atoms in total. The second-order valence-electron chi connectivity index (χ2n) is 6.97. The van der Waals surface area contributed by atoms with Gasteiger partial charge in [-0.05, 0) is 55.9 Å². The average molecular weight is 398 g/mol. The number of benzene rings is 1. The van der Waals surface area contributed by atoms with Crippen LogP contribution in [0.5, 0.6) is 0 Å². The van der Waals surface area contributed by atoms with Gasteiger partial charge in [-0.3, -0.25) is 24.3 Å². The molecule has 0 fully saturated rings. The van der Waals surface area contributed by atoms with Crippen molar-refractivity contribution >= 4 is 38.8 Å². The van der Waals surface area contributed by atoms with Crippen molar-refractivity contribution < 1.29 is 9.72 Å². The van der Waals surface area contributed by atoms with Gasteiger partial charge in [0.15, 0.2) is 0 Å². The number of nitro groups is 1. The van der Waals surface area contributed by atoms with E-state index in [9.17, 15) is 19.7 Å². The highest BCUT2D eigenvalue weighted by molar-refractivity contribution is 7.18. The van der Waals surface area contributed by atoms with Gasteiger partial charge in [0.05, 0.1) is 16.6 Å². The summed E-state index contributed by atoms with van der Waals surface area (Å²) in [6.07, 6.45) is 4.22. The Balaban J connectivity index is 1.63. The molecule has 2 heterocycles. The molecule has 1 aromatic carbocycles. The third kappa shape index (κ3) is 3.07. The maximum absolute atomic E-state index is 12.9. The lowest BCUT2D eigenvalue weighted by Crippen LogP contribution is -2.28. The first-order valence-corrected chi connectivity index (χ1v) is 9.72. The summed E-state index contributed by atoms with van der Waals surface area (Å²) in [5.74, 6) is -0.513. The number of aromatic nitrogens is 2. The predicted octanol–water partition coefficient (Wildman–Crippen LogP) is 3.11. The zero-order valence-corrected chi connectivity index (χ0v) is 16.3. The van der Waals surface area contributed by atoms with Gasteiger partial charge in [-0.2, -0.15) is 0 Å². The zero-order chi connectivity index (χ0) is 20.0. The lowest BCUT2D eigenvalue weighted by molar-refractivity contribution is -0.384. The molecule has 0 atom stereocenters. The van der Waals surface area contributed by atoms with Crippen molar-refractivity contribution in [2.45, 2.75) is 39.7 Å². The van der Waals surface area contributed by atoms with Gasteiger partial charge in [-0.15, -0.1) is 11.3 Å². The van der Waals surface area contributed by atoms with E-state index in [1.807, 2.05) is 6.92 Å². The van der Waals surface area contributed by atoms with Crippen LogP contribution in [0.25, 0.3) is 10.2 Å². The van der Waals surface area contributed by atoms with Crippen LogP contribution >= 0.6 is 11.3 Å². The van der Waals surface area contributed by atoms with E-state index in [-0.39, 0.29) is 23.5 Å². The first-order valence-electron chi connectivity index (χ1n) is 8.90. The molecule has 0 aliphatic heterocycles. The number of fused-ring (bicyclic) bond motifs is 3. The molecular formula is C19H18N4O4S. The van der Waals surface area contributed by atoms with Crippen molar-refractivity contribution in [3.05, 3.63) is 60.5 Å². The number of nitrogens with zero attached hydrogens (tertiary/aromatic N) is 3. The molecule has 0 radical (unpaired) electrons. The van der Waals surface area contributed by atoms with E-state index in [4.69, 9.17) is 0 Å². The molecule has 1 amide bonds. The molecule has 0 saturated heterocycles. The first-order chi connectivity index (χ1) is 13.3. The third-order valence-corrected chi connectivity index (χ3v) is 6.29. The normalized spacial score (nSPS) is 12.9. The maximum Gasteiger partial charge on any atom is 0.293 e. The standard InChI is InChI=1S/C19H18N4O4S/c1-10-6-13(14(23(26)27)7-11(10)2)21-16(24)8-22-9-20-18-17(19(22)25)12-4-3-5-15(12)28-18/h6-7,9H,3-5,8H2,1-2H3,(H,21,24). The van der Waals surface area contributed by atoms with Gasteiger partial charge in [0, 0.05) is 10.9 Å². The van der Waals surface area contributed by atoms with Gasteiger partial charge in [0.25, 0.3) is 11.2 Å². The number of anilines is 1. The monoisotopic (exact) mass is 398 g/mol. The average Bonchev–Trinajstić information content (AvgIpc) is 3.21. The summed E-state index contributed by atoms with van der Waals surface area (Å²) in [5, 5.41) is 14.5. The predicted molar refractivity (Wildman–Crippen MR) is 107 cm³/mol. The number of carbonyl (C=O) groups excluding carboxylic acids is 1. The molecule has 1 N–H and O–H groups in total. The molecule has 4 rings (SSSR count). The Kier molecular flexibility index (Phi) is 4.46. The fourth-order valence-corrected chi connectivity index (χ4v) is 4.75. The van der Waals surface area contributed by atoms with Crippen molar-refractivity contribution in [1.29, 1.82) is 0 Å². The van der Waals surface area contributed by atoms with Crippen molar-refractivity contribution in [1.82, 2.24) is 9.55 Å². The number of nitrogens with one attached hydrogen (secondary N) is 1. The van der Waals surface area contributed by atoms with Crippen LogP contribution in [0.4, 0.5) is 11.4 Å². The van der Waals surface area contributed by atoms with Gasteiger partial charge < -0.3 is 5.32 Å². The number of amides is 1. The second kappa shape index (κ2) is 6.83. The second-order valence-corrected chi connectivity index (χ2v) is 8.06. The molecule has 2 aromatic heterocycles. The van der Waals surface area contributed by atoms with E-state index in [0.717, 1.165) is 36.0 Å². The Morgan fingerprint density at radius 2 is 2.07 bits per heavy atom. The molecule has 0 bridgehead atoms. The van der Waals surface area contributed by atoms with Crippen LogP contribution in [0.2, 0.25) is 0 Å². The molecule has 0 spiro atoms. The number of hydrogen-bond donors (Lipinski definition) is 1. The van der Waals surface area contributed by atoms with Gasteiger partial charge >= 0.3 is 0 Å². The van der Waals surface area contributed by atoms with Crippen LogP contribution < -0.4 is 10.9 Å². The minimum Gasteiger partial charge on any atom is -0.319 e. The molecule has 0 saturated carbocycles. The Morgan fingerprint density at radius 1 is 1.32 bits per heavy atom. The molecule has 9 heteroatoms. The maximum atomic E-state index is 12.9. The van der Waals surface area contributed by atoms with Crippen LogP contribution in [0.1, 0.15) is 28.0 Å².